The molecule has 2 aromatic rings. The quantitative estimate of drug-likeness (QED) is 0.904. The fourth-order valence-electron chi connectivity index (χ4n) is 3.17. The Kier molecular flexibility index (Phi) is 4.15. The molecule has 130 valence electrons. The monoisotopic (exact) mass is 341 g/mol. The number of hydrogen-bond acceptors (Lipinski definition) is 5. The topological polar surface area (TPSA) is 74.9 Å². The molecule has 0 unspecified atom stereocenters. The number of amides is 1. The molecule has 2 aliphatic rings. The van der Waals surface area contributed by atoms with E-state index in [1.165, 1.54) is 6.20 Å². The van der Waals surface area contributed by atoms with Gasteiger partial charge in [0.05, 0.1) is 0 Å². The summed E-state index contributed by atoms with van der Waals surface area (Å²) in [7, 11) is 0. The van der Waals surface area contributed by atoms with Crippen LogP contribution in [0.5, 0.6) is 11.5 Å². The van der Waals surface area contributed by atoms with Crippen LogP contribution in [0.25, 0.3) is 0 Å². The average molecular weight is 341 g/mol. The first kappa shape index (κ1) is 15.7. The van der Waals surface area contributed by atoms with E-state index < -0.39 is 0 Å². The average Bonchev–Trinajstić information content (AvgIpc) is 3.10. The third-order valence-corrected chi connectivity index (χ3v) is 4.55. The second-order valence-electron chi connectivity index (χ2n) is 6.17. The first-order chi connectivity index (χ1) is 12.2. The molecule has 1 amide bonds. The van der Waals surface area contributed by atoms with Crippen molar-refractivity contribution in [2.45, 2.75) is 6.54 Å². The van der Waals surface area contributed by atoms with E-state index in [2.05, 4.69) is 9.88 Å². The number of piperazine rings is 1. The molecule has 0 spiro atoms. The number of nitrogens with zero attached hydrogens (tertiary/aromatic N) is 2. The lowest BCUT2D eigenvalue weighted by atomic mass is 10.1. The standard InChI is InChI=1S/C18H19N3O4/c22-17-14(2-1-5-19-17)18(23)21-8-6-20(7-9-21)11-13-3-4-15-16(10-13)25-12-24-15/h1-5,10H,6-9,11-12H2,(H,19,22). The highest BCUT2D eigenvalue weighted by Crippen LogP contribution is 2.32. The van der Waals surface area contributed by atoms with Gasteiger partial charge < -0.3 is 19.4 Å². The molecule has 2 aliphatic heterocycles. The molecule has 0 aliphatic carbocycles. The van der Waals surface area contributed by atoms with Crippen LogP contribution in [0.1, 0.15) is 15.9 Å². The number of nitrogens with one attached hydrogen (secondary N) is 1. The number of carbonyl (C=O) groups is 1. The molecule has 7 nitrogen and oxygen atoms in total. The molecule has 1 aromatic heterocycles. The summed E-state index contributed by atoms with van der Waals surface area (Å²) in [5, 5.41) is 0. The van der Waals surface area contributed by atoms with Crippen molar-refractivity contribution >= 4 is 5.91 Å². The summed E-state index contributed by atoms with van der Waals surface area (Å²) < 4.78 is 10.7. The lowest BCUT2D eigenvalue weighted by Crippen LogP contribution is -2.49. The van der Waals surface area contributed by atoms with Crippen LogP contribution in [0.3, 0.4) is 0 Å². The summed E-state index contributed by atoms with van der Waals surface area (Å²) in [6, 6.07) is 9.21. The normalized spacial score (nSPS) is 16.9. The number of aromatic amines is 1. The van der Waals surface area contributed by atoms with Gasteiger partial charge >= 0.3 is 0 Å². The van der Waals surface area contributed by atoms with Crippen LogP contribution < -0.4 is 15.0 Å². The van der Waals surface area contributed by atoms with E-state index in [1.54, 1.807) is 17.0 Å². The van der Waals surface area contributed by atoms with E-state index in [4.69, 9.17) is 9.47 Å². The molecule has 0 radical (unpaired) electrons. The molecule has 1 saturated heterocycles. The zero-order valence-electron chi connectivity index (χ0n) is 13.7. The van der Waals surface area contributed by atoms with Crippen molar-refractivity contribution in [2.24, 2.45) is 0 Å². The number of pyridine rings is 1. The van der Waals surface area contributed by atoms with Gasteiger partial charge in [-0.05, 0) is 29.8 Å². The molecule has 0 bridgehead atoms. The van der Waals surface area contributed by atoms with Gasteiger partial charge in [0.25, 0.3) is 11.5 Å². The number of rotatable bonds is 3. The predicted molar refractivity (Wildman–Crippen MR) is 90.8 cm³/mol. The van der Waals surface area contributed by atoms with E-state index in [9.17, 15) is 9.59 Å². The molecular weight excluding hydrogens is 322 g/mol. The summed E-state index contributed by atoms with van der Waals surface area (Å²) in [5.41, 5.74) is 1.02. The number of hydrogen-bond donors (Lipinski definition) is 1. The number of fused-ring (bicyclic) bond motifs is 1. The fraction of sp³-hybridized carbons (Fsp3) is 0.333. The molecule has 1 N–H and O–H groups in total. The highest BCUT2D eigenvalue weighted by atomic mass is 16.7. The Morgan fingerprint density at radius 1 is 1.08 bits per heavy atom. The Balaban J connectivity index is 1.36. The number of carbonyl (C=O) groups excluding carboxylic acids is 1. The Morgan fingerprint density at radius 2 is 1.88 bits per heavy atom. The zero-order valence-corrected chi connectivity index (χ0v) is 13.7. The minimum Gasteiger partial charge on any atom is -0.454 e. The highest BCUT2D eigenvalue weighted by molar-refractivity contribution is 5.93. The molecule has 0 saturated carbocycles. The first-order valence-corrected chi connectivity index (χ1v) is 8.28. The van der Waals surface area contributed by atoms with Crippen molar-refractivity contribution in [3.8, 4) is 11.5 Å². The SMILES string of the molecule is O=C(c1ccc[nH]c1=O)N1CCN(Cc2ccc3c(c2)OCO3)CC1. The summed E-state index contributed by atoms with van der Waals surface area (Å²) >= 11 is 0. The van der Waals surface area contributed by atoms with Gasteiger partial charge in [-0.2, -0.15) is 0 Å². The largest absolute Gasteiger partial charge is 0.454 e. The molecular formula is C18H19N3O4. The van der Waals surface area contributed by atoms with Crippen molar-refractivity contribution in [2.75, 3.05) is 33.0 Å². The summed E-state index contributed by atoms with van der Waals surface area (Å²) in [6.45, 7) is 3.83. The molecule has 3 heterocycles. The van der Waals surface area contributed by atoms with Gasteiger partial charge in [0.15, 0.2) is 11.5 Å². The van der Waals surface area contributed by atoms with Gasteiger partial charge in [0.2, 0.25) is 6.79 Å². The van der Waals surface area contributed by atoms with Crippen molar-refractivity contribution in [1.82, 2.24) is 14.8 Å². The van der Waals surface area contributed by atoms with Crippen LogP contribution >= 0.6 is 0 Å². The van der Waals surface area contributed by atoms with Gasteiger partial charge in [-0.3, -0.25) is 14.5 Å². The summed E-state index contributed by atoms with van der Waals surface area (Å²) in [6.07, 6.45) is 1.53. The van der Waals surface area contributed by atoms with Crippen LogP contribution in [0.2, 0.25) is 0 Å². The van der Waals surface area contributed by atoms with Gasteiger partial charge in [0.1, 0.15) is 5.56 Å². The number of aromatic nitrogens is 1. The van der Waals surface area contributed by atoms with Crippen LogP contribution in [0, 0.1) is 0 Å². The van der Waals surface area contributed by atoms with E-state index in [0.717, 1.165) is 36.7 Å². The Hall–Kier alpha value is -2.80. The second-order valence-corrected chi connectivity index (χ2v) is 6.17. The Bertz CT molecular complexity index is 840. The third kappa shape index (κ3) is 3.23. The molecule has 1 fully saturated rings. The lowest BCUT2D eigenvalue weighted by Gasteiger charge is -2.34. The van der Waals surface area contributed by atoms with Crippen molar-refractivity contribution in [3.05, 3.63) is 58.0 Å². The molecule has 25 heavy (non-hydrogen) atoms. The van der Waals surface area contributed by atoms with Crippen molar-refractivity contribution < 1.29 is 14.3 Å². The maximum Gasteiger partial charge on any atom is 0.260 e. The fourth-order valence-corrected chi connectivity index (χ4v) is 3.17. The zero-order chi connectivity index (χ0) is 17.2. The van der Waals surface area contributed by atoms with Gasteiger partial charge in [-0.15, -0.1) is 0 Å². The second kappa shape index (κ2) is 6.60. The predicted octanol–water partition coefficient (Wildman–Crippen LogP) is 1.06. The van der Waals surface area contributed by atoms with Crippen LogP contribution in [0.4, 0.5) is 0 Å². The maximum atomic E-state index is 12.5. The molecule has 1 aromatic carbocycles. The van der Waals surface area contributed by atoms with Crippen LogP contribution in [0.15, 0.2) is 41.3 Å². The van der Waals surface area contributed by atoms with E-state index in [0.29, 0.717) is 13.1 Å². The Labute approximate surface area is 144 Å². The Morgan fingerprint density at radius 3 is 2.68 bits per heavy atom. The molecule has 0 atom stereocenters. The van der Waals surface area contributed by atoms with Crippen LogP contribution in [-0.4, -0.2) is 53.7 Å². The van der Waals surface area contributed by atoms with E-state index >= 15 is 0 Å². The minimum absolute atomic E-state index is 0.201. The van der Waals surface area contributed by atoms with E-state index in [1.807, 2.05) is 18.2 Å². The first-order valence-electron chi connectivity index (χ1n) is 8.28. The molecule has 4 rings (SSSR count). The maximum absolute atomic E-state index is 12.5. The number of H-pyrrole nitrogens is 1. The van der Waals surface area contributed by atoms with Gasteiger partial charge in [-0.1, -0.05) is 6.07 Å². The van der Waals surface area contributed by atoms with E-state index in [-0.39, 0.29) is 23.8 Å². The lowest BCUT2D eigenvalue weighted by molar-refractivity contribution is 0.0626. The van der Waals surface area contributed by atoms with Crippen molar-refractivity contribution in [1.29, 1.82) is 0 Å². The molecule has 7 heteroatoms. The summed E-state index contributed by atoms with van der Waals surface area (Å²) in [5.74, 6) is 1.37. The highest BCUT2D eigenvalue weighted by Gasteiger charge is 2.24. The van der Waals surface area contributed by atoms with Crippen LogP contribution in [-0.2, 0) is 6.54 Å². The smallest absolute Gasteiger partial charge is 0.260 e. The van der Waals surface area contributed by atoms with Crippen molar-refractivity contribution in [3.63, 3.8) is 0 Å². The minimum atomic E-state index is -0.338. The summed E-state index contributed by atoms with van der Waals surface area (Å²) in [4.78, 5) is 30.8. The van der Waals surface area contributed by atoms with Gasteiger partial charge in [-0.25, -0.2) is 0 Å². The number of ether oxygens (including phenoxy) is 2. The van der Waals surface area contributed by atoms with Gasteiger partial charge in [0, 0.05) is 38.9 Å². The third-order valence-electron chi connectivity index (χ3n) is 4.55. The number of benzene rings is 1.